The Labute approximate surface area is 184 Å². The molecular weight excluding hydrogens is 473 g/mol. The third-order valence-electron chi connectivity index (χ3n) is 4.74. The van der Waals surface area contributed by atoms with Crippen LogP contribution in [0.1, 0.15) is 18.9 Å². The van der Waals surface area contributed by atoms with Crippen molar-refractivity contribution < 1.29 is 19.0 Å². The van der Waals surface area contributed by atoms with Crippen molar-refractivity contribution in [2.45, 2.75) is 19.9 Å². The van der Waals surface area contributed by atoms with E-state index in [4.69, 9.17) is 14.2 Å². The zero-order valence-electron chi connectivity index (χ0n) is 17.1. The molecule has 0 bridgehead atoms. The Kier molecular flexibility index (Phi) is 11.2. The van der Waals surface area contributed by atoms with Gasteiger partial charge in [-0.1, -0.05) is 19.1 Å². The molecule has 28 heavy (non-hydrogen) atoms. The van der Waals surface area contributed by atoms with Gasteiger partial charge < -0.3 is 24.4 Å². The number of nitrogens with zero attached hydrogens (tertiary/aromatic N) is 2. The molecule has 2 unspecified atom stereocenters. The predicted octanol–water partition coefficient (Wildman–Crippen LogP) is 2.54. The van der Waals surface area contributed by atoms with Crippen molar-refractivity contribution in [3.05, 3.63) is 29.8 Å². The second-order valence-electron chi connectivity index (χ2n) is 6.75. The molecule has 0 aliphatic carbocycles. The summed E-state index contributed by atoms with van der Waals surface area (Å²) in [5.41, 5.74) is 1.11. The fourth-order valence-corrected chi connectivity index (χ4v) is 3.25. The monoisotopic (exact) mass is 505 g/mol. The van der Waals surface area contributed by atoms with Gasteiger partial charge in [-0.25, -0.2) is 0 Å². The first-order chi connectivity index (χ1) is 13.1. The van der Waals surface area contributed by atoms with Crippen LogP contribution in [0.25, 0.3) is 0 Å². The molecule has 1 aromatic rings. The first kappa shape index (κ1) is 24.5. The van der Waals surface area contributed by atoms with Crippen LogP contribution in [0.3, 0.4) is 0 Å². The summed E-state index contributed by atoms with van der Waals surface area (Å²) in [6.07, 6.45) is 0.861. The third-order valence-corrected chi connectivity index (χ3v) is 4.74. The number of carbonyl (C=O) groups is 1. The number of benzene rings is 1. The Morgan fingerprint density at radius 3 is 2.75 bits per heavy atom. The van der Waals surface area contributed by atoms with Crippen LogP contribution in [0.15, 0.2) is 29.3 Å². The van der Waals surface area contributed by atoms with Crippen LogP contribution in [0, 0.1) is 11.8 Å². The smallest absolute Gasteiger partial charge is 0.310 e. The molecule has 1 aromatic carbocycles. The summed E-state index contributed by atoms with van der Waals surface area (Å²) in [6.45, 7) is 5.43. The molecular formula is C20H32IN3O4. The summed E-state index contributed by atoms with van der Waals surface area (Å²) < 4.78 is 15.7. The largest absolute Gasteiger partial charge is 0.493 e. The number of aliphatic imine (C=N–C) groups is 1. The van der Waals surface area contributed by atoms with Crippen molar-refractivity contribution in [1.29, 1.82) is 0 Å². The van der Waals surface area contributed by atoms with Gasteiger partial charge in [0.05, 0.1) is 19.6 Å². The summed E-state index contributed by atoms with van der Waals surface area (Å²) in [5.74, 6) is 1.61. The van der Waals surface area contributed by atoms with Crippen LogP contribution >= 0.6 is 24.0 Å². The van der Waals surface area contributed by atoms with Crippen molar-refractivity contribution >= 4 is 35.9 Å². The lowest BCUT2D eigenvalue weighted by Gasteiger charge is -2.21. The van der Waals surface area contributed by atoms with Crippen molar-refractivity contribution in [3.63, 3.8) is 0 Å². The van der Waals surface area contributed by atoms with Crippen LogP contribution in [0.4, 0.5) is 0 Å². The fraction of sp³-hybridized carbons (Fsp3) is 0.600. The van der Waals surface area contributed by atoms with Crippen LogP contribution in [0.2, 0.25) is 0 Å². The zero-order chi connectivity index (χ0) is 19.6. The Balaban J connectivity index is 0.00000392. The molecule has 0 amide bonds. The summed E-state index contributed by atoms with van der Waals surface area (Å²) in [6, 6.07) is 8.01. The number of ether oxygens (including phenoxy) is 3. The molecule has 0 radical (unpaired) electrons. The molecule has 2 rings (SSSR count). The summed E-state index contributed by atoms with van der Waals surface area (Å²) in [5, 5.41) is 3.38. The van der Waals surface area contributed by atoms with Crippen molar-refractivity contribution in [1.82, 2.24) is 10.2 Å². The molecule has 1 saturated heterocycles. The normalized spacial score (nSPS) is 19.1. The number of nitrogens with one attached hydrogen (secondary N) is 1. The van der Waals surface area contributed by atoms with Gasteiger partial charge in [0.25, 0.3) is 0 Å². The lowest BCUT2D eigenvalue weighted by Crippen LogP contribution is -2.40. The minimum Gasteiger partial charge on any atom is -0.493 e. The Morgan fingerprint density at radius 2 is 2.07 bits per heavy atom. The Bertz CT molecular complexity index is 642. The molecule has 0 aromatic heterocycles. The van der Waals surface area contributed by atoms with Crippen LogP contribution in [-0.2, 0) is 20.8 Å². The van der Waals surface area contributed by atoms with Crippen LogP contribution < -0.4 is 10.1 Å². The highest BCUT2D eigenvalue weighted by Crippen LogP contribution is 2.24. The molecule has 1 heterocycles. The minimum absolute atomic E-state index is 0. The highest BCUT2D eigenvalue weighted by Gasteiger charge is 2.36. The van der Waals surface area contributed by atoms with Gasteiger partial charge in [0.1, 0.15) is 5.75 Å². The lowest BCUT2D eigenvalue weighted by atomic mass is 9.99. The number of hydrogen-bond donors (Lipinski definition) is 1. The molecule has 7 nitrogen and oxygen atoms in total. The van der Waals surface area contributed by atoms with E-state index in [2.05, 4.69) is 22.1 Å². The maximum absolute atomic E-state index is 11.9. The highest BCUT2D eigenvalue weighted by molar-refractivity contribution is 14.0. The maximum Gasteiger partial charge on any atom is 0.310 e. The summed E-state index contributed by atoms with van der Waals surface area (Å²) in [4.78, 5) is 18.4. The molecule has 2 atom stereocenters. The number of carbonyl (C=O) groups excluding carboxylic acids is 1. The van der Waals surface area contributed by atoms with Crippen molar-refractivity contribution in [3.8, 4) is 5.75 Å². The topological polar surface area (TPSA) is 72.4 Å². The van der Waals surface area contributed by atoms with E-state index in [1.165, 1.54) is 7.11 Å². The minimum atomic E-state index is -0.154. The van der Waals surface area contributed by atoms with E-state index >= 15 is 0 Å². The molecule has 1 aliphatic rings. The van der Waals surface area contributed by atoms with E-state index in [9.17, 15) is 4.79 Å². The standard InChI is InChI=1S/C20H31N3O4.HI/c1-15-13-23(14-18(15)19(24)26-4)20(21-2)22-12-16-7-5-8-17(11-16)27-10-6-9-25-3;/h5,7-8,11,15,18H,6,9-10,12-14H2,1-4H3,(H,21,22);1H. The number of halogens is 1. The number of guanidine groups is 1. The van der Waals surface area contributed by atoms with Gasteiger partial charge in [-0.2, -0.15) is 0 Å². The molecule has 158 valence electrons. The Hall–Kier alpha value is -1.55. The molecule has 1 aliphatic heterocycles. The quantitative estimate of drug-likeness (QED) is 0.193. The van der Waals surface area contributed by atoms with Gasteiger partial charge >= 0.3 is 5.97 Å². The number of methoxy groups -OCH3 is 2. The molecule has 0 saturated carbocycles. The van der Waals surface area contributed by atoms with E-state index in [0.29, 0.717) is 26.3 Å². The predicted molar refractivity (Wildman–Crippen MR) is 120 cm³/mol. The van der Waals surface area contributed by atoms with E-state index in [0.717, 1.165) is 30.2 Å². The van der Waals surface area contributed by atoms with Crippen LogP contribution in [-0.4, -0.2) is 64.4 Å². The maximum atomic E-state index is 11.9. The lowest BCUT2D eigenvalue weighted by molar-refractivity contribution is -0.145. The average Bonchev–Trinajstić information content (AvgIpc) is 3.07. The number of rotatable bonds is 8. The van der Waals surface area contributed by atoms with E-state index in [1.807, 2.05) is 24.3 Å². The molecule has 1 N–H and O–H groups in total. The van der Waals surface area contributed by atoms with E-state index in [-0.39, 0.29) is 41.8 Å². The van der Waals surface area contributed by atoms with Crippen molar-refractivity contribution in [2.24, 2.45) is 16.8 Å². The number of hydrogen-bond acceptors (Lipinski definition) is 5. The first-order valence-corrected chi connectivity index (χ1v) is 9.33. The van der Waals surface area contributed by atoms with E-state index < -0.39 is 0 Å². The Morgan fingerprint density at radius 1 is 1.29 bits per heavy atom. The average molecular weight is 505 g/mol. The van der Waals surface area contributed by atoms with Crippen LogP contribution in [0.5, 0.6) is 5.75 Å². The summed E-state index contributed by atoms with van der Waals surface area (Å²) >= 11 is 0. The number of likely N-dealkylation sites (tertiary alicyclic amines) is 1. The van der Waals surface area contributed by atoms with Gasteiger partial charge in [0, 0.05) is 46.8 Å². The number of esters is 1. The molecule has 1 fully saturated rings. The highest BCUT2D eigenvalue weighted by atomic mass is 127. The third kappa shape index (κ3) is 7.12. The van der Waals surface area contributed by atoms with Crippen molar-refractivity contribution in [2.75, 3.05) is 47.6 Å². The molecule has 0 spiro atoms. The molecule has 8 heteroatoms. The second-order valence-corrected chi connectivity index (χ2v) is 6.75. The summed E-state index contributed by atoms with van der Waals surface area (Å²) in [7, 11) is 4.89. The van der Waals surface area contributed by atoms with E-state index in [1.54, 1.807) is 14.2 Å². The fourth-order valence-electron chi connectivity index (χ4n) is 3.25. The first-order valence-electron chi connectivity index (χ1n) is 9.33. The van der Waals surface area contributed by atoms with Gasteiger partial charge in [0.15, 0.2) is 5.96 Å². The van der Waals surface area contributed by atoms with Gasteiger partial charge in [-0.15, -0.1) is 24.0 Å². The van der Waals surface area contributed by atoms with Gasteiger partial charge in [0.2, 0.25) is 0 Å². The van der Waals surface area contributed by atoms with Gasteiger partial charge in [-0.05, 0) is 23.6 Å². The zero-order valence-corrected chi connectivity index (χ0v) is 19.5. The second kappa shape index (κ2) is 12.8. The van der Waals surface area contributed by atoms with Gasteiger partial charge in [-0.3, -0.25) is 9.79 Å². The SMILES string of the molecule is CN=C(NCc1cccc(OCCCOC)c1)N1CC(C)C(C(=O)OC)C1.I.